The van der Waals surface area contributed by atoms with E-state index in [2.05, 4.69) is 203 Å². The zero-order chi connectivity index (χ0) is 41.8. The van der Waals surface area contributed by atoms with Gasteiger partial charge in [-0.1, -0.05) is 146 Å². The zero-order valence-corrected chi connectivity index (χ0v) is 36.2. The molecule has 0 unspecified atom stereocenters. The average molecular weight is 797 g/mol. The molecule has 0 amide bonds. The van der Waals surface area contributed by atoms with Crippen LogP contribution in [0.1, 0.15) is 76.3 Å². The van der Waals surface area contributed by atoms with Crippen LogP contribution in [-0.2, 0) is 16.2 Å². The topological polar surface area (TPSA) is 21.3 Å². The van der Waals surface area contributed by atoms with Gasteiger partial charge < -0.3 is 13.8 Å². The van der Waals surface area contributed by atoms with E-state index >= 15 is 0 Å². The Bertz CT molecular complexity index is 3680. The first-order chi connectivity index (χ1) is 29.9. The Morgan fingerprint density at radius 1 is 0.484 bits per heavy atom. The van der Waals surface area contributed by atoms with E-state index < -0.39 is 0 Å². The normalized spacial score (nSPS) is 15.9. The maximum Gasteiger partial charge on any atom is 0.333 e. The summed E-state index contributed by atoms with van der Waals surface area (Å²) in [7, 11) is 0. The quantitative estimate of drug-likeness (QED) is 0.154. The minimum atomic E-state index is -0.153. The molecule has 3 nitrogen and oxygen atoms in total. The number of aromatic nitrogens is 1. The van der Waals surface area contributed by atoms with Crippen molar-refractivity contribution < 1.29 is 4.42 Å². The lowest BCUT2D eigenvalue weighted by Gasteiger charge is -2.43. The SMILES string of the molecule is CC(C)(C)c1ccc(N2B3c4cc5c(cc4-n4c6cc7oc8ccccc8c7cc6c6ccc(c3c64)-c3cc4c(cc32)-c2ccccc2C4(C)C)C(C)(C)c2ccccc2-5)cc1. The van der Waals surface area contributed by atoms with Gasteiger partial charge in [-0.15, -0.1) is 0 Å². The number of anilines is 2. The van der Waals surface area contributed by atoms with Crippen molar-refractivity contribution in [2.45, 2.75) is 64.7 Å². The van der Waals surface area contributed by atoms with Crippen molar-refractivity contribution >= 4 is 72.9 Å². The summed E-state index contributed by atoms with van der Waals surface area (Å²) in [5.74, 6) is 0. The highest BCUT2D eigenvalue weighted by molar-refractivity contribution is 6.93. The predicted molar refractivity (Wildman–Crippen MR) is 261 cm³/mol. The molecule has 0 radical (unpaired) electrons. The molecule has 14 rings (SSSR count). The Balaban J connectivity index is 1.16. The van der Waals surface area contributed by atoms with Crippen LogP contribution in [0.4, 0.5) is 11.4 Å². The highest BCUT2D eigenvalue weighted by Gasteiger charge is 2.47. The molecule has 0 saturated heterocycles. The van der Waals surface area contributed by atoms with Gasteiger partial charge in [0, 0.05) is 61.1 Å². The Morgan fingerprint density at radius 3 is 1.87 bits per heavy atom. The van der Waals surface area contributed by atoms with E-state index in [1.807, 2.05) is 0 Å². The number of furan rings is 1. The second-order valence-electron chi connectivity index (χ2n) is 20.5. The first kappa shape index (κ1) is 34.9. The Labute approximate surface area is 362 Å². The molecule has 0 saturated carbocycles. The van der Waals surface area contributed by atoms with E-state index in [0.29, 0.717) is 0 Å². The number of fused-ring (bicyclic) bond motifs is 17. The predicted octanol–water partition coefficient (Wildman–Crippen LogP) is 13.8. The van der Waals surface area contributed by atoms with Crippen molar-refractivity contribution in [1.29, 1.82) is 0 Å². The van der Waals surface area contributed by atoms with E-state index in [1.165, 1.54) is 111 Å². The molecule has 62 heavy (non-hydrogen) atoms. The smallest absolute Gasteiger partial charge is 0.333 e. The van der Waals surface area contributed by atoms with E-state index in [9.17, 15) is 0 Å². The summed E-state index contributed by atoms with van der Waals surface area (Å²) in [4.78, 5) is 2.70. The molecule has 4 heteroatoms. The van der Waals surface area contributed by atoms with Crippen LogP contribution in [0.25, 0.3) is 82.8 Å². The van der Waals surface area contributed by atoms with E-state index in [0.717, 1.165) is 21.9 Å². The van der Waals surface area contributed by atoms with Gasteiger partial charge in [-0.25, -0.2) is 0 Å². The molecule has 0 N–H and O–H groups in total. The van der Waals surface area contributed by atoms with Gasteiger partial charge in [-0.3, -0.25) is 0 Å². The van der Waals surface area contributed by atoms with Gasteiger partial charge in [-0.2, -0.15) is 0 Å². The molecular weight excluding hydrogens is 751 g/mol. The fraction of sp³-hybridized carbons (Fsp3) is 0.172. The van der Waals surface area contributed by atoms with E-state index in [-0.39, 0.29) is 23.1 Å². The maximum atomic E-state index is 6.64. The summed E-state index contributed by atoms with van der Waals surface area (Å²) < 4.78 is 9.25. The van der Waals surface area contributed by atoms with Crippen molar-refractivity contribution in [2.75, 3.05) is 4.81 Å². The van der Waals surface area contributed by atoms with Gasteiger partial charge in [0.15, 0.2) is 0 Å². The summed E-state index contributed by atoms with van der Waals surface area (Å²) >= 11 is 0. The van der Waals surface area contributed by atoms with Gasteiger partial charge in [-0.05, 0) is 114 Å². The Hall–Kier alpha value is -6.78. The van der Waals surface area contributed by atoms with Crippen LogP contribution >= 0.6 is 0 Å². The molecule has 10 aromatic rings. The molecule has 0 atom stereocenters. The number of nitrogens with zero attached hydrogens (tertiary/aromatic N) is 2. The van der Waals surface area contributed by atoms with Crippen LogP contribution in [0.3, 0.4) is 0 Å². The Morgan fingerprint density at radius 2 is 1.15 bits per heavy atom. The third-order valence-corrected chi connectivity index (χ3v) is 15.5. The summed E-state index contributed by atoms with van der Waals surface area (Å²) in [5, 5.41) is 4.86. The minimum Gasteiger partial charge on any atom is -0.456 e. The van der Waals surface area contributed by atoms with Crippen molar-refractivity contribution in [2.24, 2.45) is 0 Å². The van der Waals surface area contributed by atoms with Gasteiger partial charge in [0.2, 0.25) is 0 Å². The highest BCUT2D eigenvalue weighted by atomic mass is 16.3. The molecule has 4 heterocycles. The maximum absolute atomic E-state index is 6.64. The first-order valence-corrected chi connectivity index (χ1v) is 22.3. The summed E-state index contributed by atoms with van der Waals surface area (Å²) in [5.41, 5.74) is 25.4. The van der Waals surface area contributed by atoms with Gasteiger partial charge in [0.1, 0.15) is 11.2 Å². The molecule has 2 aromatic heterocycles. The molecule has 4 aliphatic rings. The lowest BCUT2D eigenvalue weighted by Crippen LogP contribution is -2.60. The van der Waals surface area contributed by atoms with Gasteiger partial charge in [0.25, 0.3) is 0 Å². The first-order valence-electron chi connectivity index (χ1n) is 22.3. The summed E-state index contributed by atoms with van der Waals surface area (Å²) in [6, 6.07) is 55.9. The van der Waals surface area contributed by atoms with Crippen molar-refractivity contribution in [3.63, 3.8) is 0 Å². The minimum absolute atomic E-state index is 0.0385. The Kier molecular flexibility index (Phi) is 6.29. The second-order valence-corrected chi connectivity index (χ2v) is 20.5. The van der Waals surface area contributed by atoms with Crippen LogP contribution in [-0.4, -0.2) is 11.4 Å². The highest BCUT2D eigenvalue weighted by Crippen LogP contribution is 2.56. The third-order valence-electron chi connectivity index (χ3n) is 15.5. The molecule has 8 aromatic carbocycles. The number of hydrogen-bond acceptors (Lipinski definition) is 2. The molecule has 0 fully saturated rings. The van der Waals surface area contributed by atoms with E-state index in [1.54, 1.807) is 0 Å². The van der Waals surface area contributed by atoms with Gasteiger partial charge in [0.05, 0.1) is 11.0 Å². The van der Waals surface area contributed by atoms with Crippen LogP contribution in [0.2, 0.25) is 0 Å². The molecular formula is C58H45BN2O. The largest absolute Gasteiger partial charge is 0.456 e. The lowest BCUT2D eigenvalue weighted by atomic mass is 9.43. The molecule has 0 spiro atoms. The fourth-order valence-electron chi connectivity index (χ4n) is 12.4. The van der Waals surface area contributed by atoms with E-state index in [4.69, 9.17) is 4.42 Å². The third kappa shape index (κ3) is 4.14. The number of para-hydroxylation sites is 1. The summed E-state index contributed by atoms with van der Waals surface area (Å²) in [6.45, 7) is 16.5. The van der Waals surface area contributed by atoms with Gasteiger partial charge >= 0.3 is 6.85 Å². The molecule has 2 aliphatic carbocycles. The number of benzene rings is 8. The number of hydrogen-bond donors (Lipinski definition) is 0. The van der Waals surface area contributed by atoms with Crippen LogP contribution in [0.15, 0.2) is 150 Å². The van der Waals surface area contributed by atoms with Crippen molar-refractivity contribution in [3.05, 3.63) is 173 Å². The van der Waals surface area contributed by atoms with Crippen LogP contribution in [0, 0.1) is 0 Å². The lowest BCUT2D eigenvalue weighted by molar-refractivity contribution is 0.590. The van der Waals surface area contributed by atoms with Crippen molar-refractivity contribution in [1.82, 2.24) is 4.57 Å². The fourth-order valence-corrected chi connectivity index (χ4v) is 12.4. The van der Waals surface area contributed by atoms with Crippen molar-refractivity contribution in [3.8, 4) is 39.1 Å². The standard InChI is InChI=1S/C58H45BN2O/c1-56(2,3)32-20-22-33(23-21-32)61-50-29-40-35-15-9-12-18-45(35)57(4,5)46(40)27-42(50)37-24-25-38-41-26-43-36-16-10-13-19-52(36)62-53(43)31-49(41)60-51-30-47-39(28-48(51)59(61)54(37)55(38)60)34-14-8-11-17-44(34)58(47,6)7/h8-31H,1-7H3. The van der Waals surface area contributed by atoms with Crippen LogP contribution < -0.4 is 15.7 Å². The average Bonchev–Trinajstić information content (AvgIpc) is 3.94. The molecule has 2 aliphatic heterocycles. The molecule has 296 valence electrons. The summed E-state index contributed by atoms with van der Waals surface area (Å²) in [6.07, 6.45) is 0. The van der Waals surface area contributed by atoms with Crippen LogP contribution in [0.5, 0.6) is 0 Å². The zero-order valence-electron chi connectivity index (χ0n) is 36.2. The number of rotatable bonds is 1. The second kappa shape index (κ2) is 11.2. The monoisotopic (exact) mass is 796 g/mol. The molecule has 0 bridgehead atoms.